The Hall–Kier alpha value is -1.92. The lowest BCUT2D eigenvalue weighted by Gasteiger charge is -2.11. The molecule has 21 heavy (non-hydrogen) atoms. The van der Waals surface area contributed by atoms with Crippen LogP contribution in [-0.4, -0.2) is 15.5 Å². The van der Waals surface area contributed by atoms with Crippen LogP contribution in [0, 0.1) is 0 Å². The van der Waals surface area contributed by atoms with Gasteiger partial charge in [-0.05, 0) is 29.8 Å². The number of methoxy groups -OCH3 is 1. The van der Waals surface area contributed by atoms with Gasteiger partial charge in [0.25, 0.3) is 0 Å². The summed E-state index contributed by atoms with van der Waals surface area (Å²) in [7, 11) is -2.09. The molecule has 0 aliphatic carbocycles. The Labute approximate surface area is 128 Å². The molecule has 2 rings (SSSR count). The van der Waals surface area contributed by atoms with Crippen molar-refractivity contribution < 1.29 is 13.2 Å². The fraction of sp³-hybridized carbons (Fsp3) is 0.143. The van der Waals surface area contributed by atoms with E-state index in [1.54, 1.807) is 36.4 Å². The third-order valence-electron chi connectivity index (χ3n) is 2.83. The molecule has 0 amide bonds. The van der Waals surface area contributed by atoms with Crippen LogP contribution < -0.4 is 15.2 Å². The standard InChI is InChI=1S/C14H15ClN2O3S/c1-20-14-7-6-11(8-12(14)15)17-21(18,19)9-10-4-2-3-5-13(10)16/h2-8,17H,9,16H2,1H3. The van der Waals surface area contributed by atoms with Crippen LogP contribution in [-0.2, 0) is 15.8 Å². The molecule has 0 bridgehead atoms. The molecule has 0 spiro atoms. The van der Waals surface area contributed by atoms with E-state index in [4.69, 9.17) is 22.1 Å². The third kappa shape index (κ3) is 4.03. The number of nitrogen functional groups attached to an aromatic ring is 1. The molecule has 0 saturated heterocycles. The number of ether oxygens (including phenoxy) is 1. The Kier molecular flexibility index (Phi) is 4.59. The van der Waals surface area contributed by atoms with E-state index in [9.17, 15) is 8.42 Å². The van der Waals surface area contributed by atoms with Crippen molar-refractivity contribution in [2.45, 2.75) is 5.75 Å². The Morgan fingerprint density at radius 1 is 1.24 bits per heavy atom. The Bertz CT molecular complexity index is 748. The summed E-state index contributed by atoms with van der Waals surface area (Å²) in [5, 5.41) is 0.330. The van der Waals surface area contributed by atoms with Crippen LogP contribution >= 0.6 is 11.6 Å². The van der Waals surface area contributed by atoms with Gasteiger partial charge < -0.3 is 10.5 Å². The number of hydrogen-bond donors (Lipinski definition) is 2. The summed E-state index contributed by atoms with van der Waals surface area (Å²) in [4.78, 5) is 0. The van der Waals surface area contributed by atoms with E-state index in [2.05, 4.69) is 4.72 Å². The quantitative estimate of drug-likeness (QED) is 0.828. The molecular weight excluding hydrogens is 312 g/mol. The molecule has 0 radical (unpaired) electrons. The summed E-state index contributed by atoms with van der Waals surface area (Å²) in [6.07, 6.45) is 0. The van der Waals surface area contributed by atoms with Crippen LogP contribution in [0.4, 0.5) is 11.4 Å². The highest BCUT2D eigenvalue weighted by atomic mass is 35.5. The zero-order valence-corrected chi connectivity index (χ0v) is 12.9. The first-order valence-electron chi connectivity index (χ1n) is 6.09. The van der Waals surface area contributed by atoms with Crippen LogP contribution in [0.15, 0.2) is 42.5 Å². The third-order valence-corrected chi connectivity index (χ3v) is 4.36. The molecule has 0 aliphatic rings. The van der Waals surface area contributed by atoms with Crippen molar-refractivity contribution in [2.75, 3.05) is 17.6 Å². The van der Waals surface area contributed by atoms with Crippen LogP contribution in [0.2, 0.25) is 5.02 Å². The van der Waals surface area contributed by atoms with E-state index in [-0.39, 0.29) is 5.75 Å². The average molecular weight is 327 g/mol. The van der Waals surface area contributed by atoms with Crippen molar-refractivity contribution in [1.29, 1.82) is 0 Å². The maximum atomic E-state index is 12.1. The number of nitrogens with two attached hydrogens (primary N) is 1. The number of benzene rings is 2. The maximum Gasteiger partial charge on any atom is 0.236 e. The second-order valence-corrected chi connectivity index (χ2v) is 6.54. The highest BCUT2D eigenvalue weighted by Gasteiger charge is 2.14. The second-order valence-electron chi connectivity index (χ2n) is 4.41. The van der Waals surface area contributed by atoms with Gasteiger partial charge in [0.1, 0.15) is 5.75 Å². The highest BCUT2D eigenvalue weighted by molar-refractivity contribution is 7.91. The number of para-hydroxylation sites is 1. The first kappa shape index (κ1) is 15.5. The minimum absolute atomic E-state index is 0.205. The van der Waals surface area contributed by atoms with Gasteiger partial charge in [-0.1, -0.05) is 29.8 Å². The molecule has 0 heterocycles. The van der Waals surface area contributed by atoms with E-state index in [0.29, 0.717) is 27.7 Å². The first-order valence-corrected chi connectivity index (χ1v) is 8.12. The average Bonchev–Trinajstić information content (AvgIpc) is 2.41. The number of sulfonamides is 1. The molecule has 0 aliphatic heterocycles. The Balaban J connectivity index is 2.18. The van der Waals surface area contributed by atoms with Gasteiger partial charge in [0.05, 0.1) is 23.6 Å². The van der Waals surface area contributed by atoms with Crippen molar-refractivity contribution >= 4 is 33.0 Å². The van der Waals surface area contributed by atoms with Gasteiger partial charge in [0, 0.05) is 5.69 Å². The molecule has 3 N–H and O–H groups in total. The van der Waals surface area contributed by atoms with Crippen LogP contribution in [0.3, 0.4) is 0 Å². The Morgan fingerprint density at radius 3 is 2.57 bits per heavy atom. The van der Waals surface area contributed by atoms with E-state index in [0.717, 1.165) is 0 Å². The summed E-state index contributed by atoms with van der Waals surface area (Å²) in [5.74, 6) is 0.274. The Morgan fingerprint density at radius 2 is 1.95 bits per heavy atom. The number of nitrogens with one attached hydrogen (secondary N) is 1. The summed E-state index contributed by atoms with van der Waals surface area (Å²) < 4.78 is 31.8. The molecule has 112 valence electrons. The molecule has 2 aromatic rings. The molecule has 5 nitrogen and oxygen atoms in total. The SMILES string of the molecule is COc1ccc(NS(=O)(=O)Cc2ccccc2N)cc1Cl. The van der Waals surface area contributed by atoms with Crippen LogP contribution in [0.1, 0.15) is 5.56 Å². The fourth-order valence-corrected chi connectivity index (χ4v) is 3.30. The monoisotopic (exact) mass is 326 g/mol. The number of anilines is 2. The smallest absolute Gasteiger partial charge is 0.236 e. The second kappa shape index (κ2) is 6.24. The van der Waals surface area contributed by atoms with Gasteiger partial charge in [-0.25, -0.2) is 8.42 Å². The molecule has 7 heteroatoms. The van der Waals surface area contributed by atoms with Gasteiger partial charge in [-0.15, -0.1) is 0 Å². The van der Waals surface area contributed by atoms with Crippen LogP contribution in [0.5, 0.6) is 5.75 Å². The number of halogens is 1. The van der Waals surface area contributed by atoms with E-state index in [1.165, 1.54) is 13.2 Å². The number of hydrogen-bond acceptors (Lipinski definition) is 4. The molecule has 0 unspecified atom stereocenters. The zero-order chi connectivity index (χ0) is 15.5. The van der Waals surface area contributed by atoms with E-state index in [1.807, 2.05) is 0 Å². The van der Waals surface area contributed by atoms with Crippen molar-refractivity contribution in [3.8, 4) is 5.75 Å². The topological polar surface area (TPSA) is 81.4 Å². The predicted molar refractivity (Wildman–Crippen MR) is 85.1 cm³/mol. The molecule has 0 aromatic heterocycles. The number of rotatable bonds is 5. The van der Waals surface area contributed by atoms with Crippen molar-refractivity contribution in [1.82, 2.24) is 0 Å². The van der Waals surface area contributed by atoms with Crippen molar-refractivity contribution in [2.24, 2.45) is 0 Å². The van der Waals surface area contributed by atoms with Crippen molar-refractivity contribution in [3.63, 3.8) is 0 Å². The lowest BCUT2D eigenvalue weighted by atomic mass is 10.2. The van der Waals surface area contributed by atoms with Gasteiger partial charge in [0.15, 0.2) is 0 Å². The lowest BCUT2D eigenvalue weighted by Crippen LogP contribution is -2.15. The molecule has 0 saturated carbocycles. The summed E-state index contributed by atoms with van der Waals surface area (Å²) >= 11 is 5.96. The minimum Gasteiger partial charge on any atom is -0.495 e. The van der Waals surface area contributed by atoms with E-state index >= 15 is 0 Å². The summed E-state index contributed by atoms with van der Waals surface area (Å²) in [5.41, 5.74) is 7.11. The van der Waals surface area contributed by atoms with Crippen LogP contribution in [0.25, 0.3) is 0 Å². The molecular formula is C14H15ClN2O3S. The summed E-state index contributed by atoms with van der Waals surface area (Å²) in [6.45, 7) is 0. The first-order chi connectivity index (χ1) is 9.91. The fourth-order valence-electron chi connectivity index (χ4n) is 1.82. The largest absolute Gasteiger partial charge is 0.495 e. The summed E-state index contributed by atoms with van der Waals surface area (Å²) in [6, 6.07) is 11.5. The maximum absolute atomic E-state index is 12.1. The van der Waals surface area contributed by atoms with Crippen molar-refractivity contribution in [3.05, 3.63) is 53.1 Å². The zero-order valence-electron chi connectivity index (χ0n) is 11.3. The molecule has 0 atom stereocenters. The van der Waals surface area contributed by atoms with Gasteiger partial charge in [-0.2, -0.15) is 0 Å². The predicted octanol–water partition coefficient (Wildman–Crippen LogP) is 2.87. The van der Waals surface area contributed by atoms with E-state index < -0.39 is 10.0 Å². The lowest BCUT2D eigenvalue weighted by molar-refractivity contribution is 0.415. The molecule has 2 aromatic carbocycles. The highest BCUT2D eigenvalue weighted by Crippen LogP contribution is 2.28. The van der Waals surface area contributed by atoms with Gasteiger partial charge in [0.2, 0.25) is 10.0 Å². The molecule has 0 fully saturated rings. The minimum atomic E-state index is -3.58. The van der Waals surface area contributed by atoms with Gasteiger partial charge >= 0.3 is 0 Å². The van der Waals surface area contributed by atoms with Gasteiger partial charge in [-0.3, -0.25) is 4.72 Å². The normalized spacial score (nSPS) is 11.1.